The predicted octanol–water partition coefficient (Wildman–Crippen LogP) is 1.32. The lowest BCUT2D eigenvalue weighted by Crippen LogP contribution is -1.77. The van der Waals surface area contributed by atoms with Crippen molar-refractivity contribution in [2.45, 2.75) is 6.92 Å². The van der Waals surface area contributed by atoms with Crippen LogP contribution in [0.15, 0.2) is 24.5 Å². The van der Waals surface area contributed by atoms with Crippen LogP contribution in [0.1, 0.15) is 6.92 Å². The molecule has 0 amide bonds. The Morgan fingerprint density at radius 2 is 1.88 bits per heavy atom. The van der Waals surface area contributed by atoms with Crippen LogP contribution >= 0.6 is 0 Å². The van der Waals surface area contributed by atoms with Crippen molar-refractivity contribution in [3.05, 3.63) is 24.5 Å². The van der Waals surface area contributed by atoms with Crippen molar-refractivity contribution in [2.24, 2.45) is 0 Å². The summed E-state index contributed by atoms with van der Waals surface area (Å²) in [5, 5.41) is 0. The number of rotatable bonds is 0. The van der Waals surface area contributed by atoms with Crippen LogP contribution < -0.4 is 0 Å². The van der Waals surface area contributed by atoms with E-state index in [1.165, 1.54) is 0 Å². The molecule has 1 aromatic heterocycles. The first-order valence-corrected chi connectivity index (χ1v) is 2.49. The van der Waals surface area contributed by atoms with Gasteiger partial charge in [-0.1, -0.05) is 5.92 Å². The second kappa shape index (κ2) is 2.23. The lowest BCUT2D eigenvalue weighted by atomic mass is 10.7. The zero-order valence-electron chi connectivity index (χ0n) is 4.76. The molecule has 1 rings (SSSR count). The lowest BCUT2D eigenvalue weighted by molar-refractivity contribution is 1.14. The third-order valence-electron chi connectivity index (χ3n) is 0.845. The third-order valence-corrected chi connectivity index (χ3v) is 0.845. The molecule has 0 radical (unpaired) electrons. The Morgan fingerprint density at radius 1 is 1.25 bits per heavy atom. The molecule has 0 aromatic carbocycles. The summed E-state index contributed by atoms with van der Waals surface area (Å²) >= 11 is 0. The summed E-state index contributed by atoms with van der Waals surface area (Å²) in [5.41, 5.74) is 0. The van der Waals surface area contributed by atoms with Crippen LogP contribution in [0.25, 0.3) is 0 Å². The second-order valence-corrected chi connectivity index (χ2v) is 1.45. The fourth-order valence-corrected chi connectivity index (χ4v) is 0.538. The van der Waals surface area contributed by atoms with Crippen LogP contribution in [0, 0.1) is 12.0 Å². The van der Waals surface area contributed by atoms with Crippen molar-refractivity contribution in [2.75, 3.05) is 0 Å². The minimum Gasteiger partial charge on any atom is -0.284 e. The Morgan fingerprint density at radius 3 is 2.38 bits per heavy atom. The highest BCUT2D eigenvalue weighted by Gasteiger charge is 1.73. The third kappa shape index (κ3) is 0.913. The monoisotopic (exact) mass is 105 g/mol. The van der Waals surface area contributed by atoms with E-state index in [-0.39, 0.29) is 0 Å². The molecule has 0 aliphatic heterocycles. The predicted molar refractivity (Wildman–Crippen MR) is 33.3 cm³/mol. The van der Waals surface area contributed by atoms with E-state index in [4.69, 9.17) is 0 Å². The van der Waals surface area contributed by atoms with Gasteiger partial charge < -0.3 is 0 Å². The summed E-state index contributed by atoms with van der Waals surface area (Å²) in [6.07, 6.45) is 3.83. The summed E-state index contributed by atoms with van der Waals surface area (Å²) in [6, 6.07) is 6.75. The maximum Gasteiger partial charge on any atom is 0.0177 e. The minimum atomic E-state index is 1.82. The first-order chi connectivity index (χ1) is 3.93. The smallest absolute Gasteiger partial charge is 0.0177 e. The second-order valence-electron chi connectivity index (χ2n) is 1.45. The van der Waals surface area contributed by atoms with Crippen LogP contribution in [-0.2, 0) is 0 Å². The highest BCUT2D eigenvalue weighted by molar-refractivity contribution is 5.05. The van der Waals surface area contributed by atoms with E-state index in [2.05, 4.69) is 12.0 Å². The van der Waals surface area contributed by atoms with Crippen molar-refractivity contribution < 1.29 is 0 Å². The number of hydrogen-bond acceptors (Lipinski definition) is 0. The molecule has 0 saturated heterocycles. The quantitative estimate of drug-likeness (QED) is 0.438. The van der Waals surface area contributed by atoms with Gasteiger partial charge in [0.1, 0.15) is 0 Å². The van der Waals surface area contributed by atoms with Crippen LogP contribution in [0.2, 0.25) is 0 Å². The highest BCUT2D eigenvalue weighted by Crippen LogP contribution is 1.83. The molecule has 0 aliphatic rings. The molecule has 1 heterocycles. The average Bonchev–Trinajstić information content (AvgIpc) is 2.19. The van der Waals surface area contributed by atoms with Gasteiger partial charge >= 0.3 is 0 Å². The molecule has 0 fully saturated rings. The van der Waals surface area contributed by atoms with Gasteiger partial charge in [-0.05, 0) is 19.1 Å². The SMILES string of the molecule is CC#Cn1cccc1. The first-order valence-electron chi connectivity index (χ1n) is 2.49. The van der Waals surface area contributed by atoms with Gasteiger partial charge in [0.05, 0.1) is 0 Å². The zero-order valence-corrected chi connectivity index (χ0v) is 4.76. The Labute approximate surface area is 48.9 Å². The normalized spacial score (nSPS) is 7.62. The summed E-state index contributed by atoms with van der Waals surface area (Å²) < 4.78 is 1.82. The Bertz CT molecular complexity index is 198. The van der Waals surface area contributed by atoms with Crippen LogP contribution in [0.5, 0.6) is 0 Å². The van der Waals surface area contributed by atoms with Gasteiger partial charge in [-0.15, -0.1) is 0 Å². The van der Waals surface area contributed by atoms with Gasteiger partial charge in [-0.25, -0.2) is 0 Å². The molecule has 1 aromatic rings. The largest absolute Gasteiger partial charge is 0.284 e. The number of nitrogens with zero attached hydrogens (tertiary/aromatic N) is 1. The maximum atomic E-state index is 2.85. The first kappa shape index (κ1) is 4.99. The molecule has 0 bridgehead atoms. The van der Waals surface area contributed by atoms with Crippen LogP contribution in [0.3, 0.4) is 0 Å². The van der Waals surface area contributed by atoms with Crippen molar-refractivity contribution in [1.82, 2.24) is 4.57 Å². The van der Waals surface area contributed by atoms with Crippen molar-refractivity contribution >= 4 is 0 Å². The Kier molecular flexibility index (Phi) is 1.39. The van der Waals surface area contributed by atoms with Crippen molar-refractivity contribution in [3.63, 3.8) is 0 Å². The van der Waals surface area contributed by atoms with Gasteiger partial charge in [0.25, 0.3) is 0 Å². The van der Waals surface area contributed by atoms with E-state index >= 15 is 0 Å². The topological polar surface area (TPSA) is 4.93 Å². The molecule has 1 heteroatoms. The van der Waals surface area contributed by atoms with E-state index in [9.17, 15) is 0 Å². The van der Waals surface area contributed by atoms with Gasteiger partial charge in [-0.3, -0.25) is 4.57 Å². The number of hydrogen-bond donors (Lipinski definition) is 0. The van der Waals surface area contributed by atoms with Crippen LogP contribution in [-0.4, -0.2) is 4.57 Å². The molecule has 40 valence electrons. The van der Waals surface area contributed by atoms with Crippen molar-refractivity contribution in [3.8, 4) is 12.0 Å². The lowest BCUT2D eigenvalue weighted by Gasteiger charge is -1.80. The van der Waals surface area contributed by atoms with E-state index in [0.29, 0.717) is 0 Å². The number of aromatic nitrogens is 1. The fraction of sp³-hybridized carbons (Fsp3) is 0.143. The van der Waals surface area contributed by atoms with Crippen LogP contribution in [0.4, 0.5) is 0 Å². The molecular formula is C7H7N. The molecule has 1 nitrogen and oxygen atoms in total. The van der Waals surface area contributed by atoms with Gasteiger partial charge in [0, 0.05) is 18.4 Å². The summed E-state index contributed by atoms with van der Waals surface area (Å²) in [6.45, 7) is 1.82. The van der Waals surface area contributed by atoms with Crippen molar-refractivity contribution in [1.29, 1.82) is 0 Å². The average molecular weight is 105 g/mol. The van der Waals surface area contributed by atoms with E-state index in [1.807, 2.05) is 36.0 Å². The molecule has 8 heavy (non-hydrogen) atoms. The van der Waals surface area contributed by atoms with Gasteiger partial charge in [-0.2, -0.15) is 0 Å². The molecule has 0 unspecified atom stereocenters. The Hall–Kier alpha value is -1.16. The summed E-state index contributed by atoms with van der Waals surface area (Å²) in [5.74, 6) is 2.78. The molecular weight excluding hydrogens is 98.1 g/mol. The maximum absolute atomic E-state index is 2.85. The molecule has 0 N–H and O–H groups in total. The standard InChI is InChI=1S/C7H7N/c1-2-5-8-6-3-4-7-8/h3-4,6-7H,1H3. The van der Waals surface area contributed by atoms with Gasteiger partial charge in [0.2, 0.25) is 0 Å². The molecule has 0 atom stereocenters. The zero-order chi connectivity index (χ0) is 5.82. The van der Waals surface area contributed by atoms with E-state index < -0.39 is 0 Å². The molecule has 0 spiro atoms. The fourth-order valence-electron chi connectivity index (χ4n) is 0.538. The van der Waals surface area contributed by atoms with E-state index in [1.54, 1.807) is 0 Å². The molecule has 0 aliphatic carbocycles. The van der Waals surface area contributed by atoms with Gasteiger partial charge in [0.15, 0.2) is 0 Å². The summed E-state index contributed by atoms with van der Waals surface area (Å²) in [7, 11) is 0. The molecule has 0 saturated carbocycles. The minimum absolute atomic E-state index is 1.82. The highest BCUT2D eigenvalue weighted by atomic mass is 14.9. The Balaban J connectivity index is 2.88. The van der Waals surface area contributed by atoms with E-state index in [0.717, 1.165) is 0 Å². The summed E-state index contributed by atoms with van der Waals surface area (Å²) in [4.78, 5) is 0.